The highest BCUT2D eigenvalue weighted by Gasteiger charge is 2.13. The quantitative estimate of drug-likeness (QED) is 0.611. The van der Waals surface area contributed by atoms with Crippen LogP contribution in [0.15, 0.2) is 59.0 Å². The van der Waals surface area contributed by atoms with E-state index in [1.807, 2.05) is 61.5 Å². The van der Waals surface area contributed by atoms with Gasteiger partial charge in [0.1, 0.15) is 12.4 Å². The predicted octanol–water partition coefficient (Wildman–Crippen LogP) is 3.52. The molecule has 3 aromatic rings. The number of carbonyl (C=O) groups excluding carboxylic acids is 1. The molecule has 6 heteroatoms. The lowest BCUT2D eigenvalue weighted by molar-refractivity contribution is -0.130. The van der Waals surface area contributed by atoms with Gasteiger partial charge in [0, 0.05) is 25.5 Å². The first-order valence-corrected chi connectivity index (χ1v) is 8.93. The third kappa shape index (κ3) is 5.41. The Morgan fingerprint density at radius 2 is 1.93 bits per heavy atom. The Morgan fingerprint density at radius 3 is 2.70 bits per heavy atom. The van der Waals surface area contributed by atoms with Gasteiger partial charge in [-0.15, -0.1) is 10.2 Å². The maximum absolute atomic E-state index is 12.3. The second-order valence-corrected chi connectivity index (χ2v) is 6.35. The molecule has 0 aliphatic heterocycles. The van der Waals surface area contributed by atoms with Crippen molar-refractivity contribution in [1.29, 1.82) is 0 Å². The van der Waals surface area contributed by atoms with Crippen molar-refractivity contribution in [1.82, 2.24) is 15.1 Å². The number of ether oxygens (including phenoxy) is 1. The number of benzene rings is 2. The molecule has 0 aliphatic carbocycles. The lowest BCUT2D eigenvalue weighted by Gasteiger charge is -2.17. The normalized spacial score (nSPS) is 10.6. The van der Waals surface area contributed by atoms with Crippen molar-refractivity contribution in [2.45, 2.75) is 19.8 Å². The van der Waals surface area contributed by atoms with Crippen LogP contribution in [0.25, 0.3) is 11.5 Å². The van der Waals surface area contributed by atoms with Gasteiger partial charge in [-0.05, 0) is 36.8 Å². The van der Waals surface area contributed by atoms with Gasteiger partial charge < -0.3 is 14.1 Å². The number of rotatable bonds is 8. The van der Waals surface area contributed by atoms with Crippen LogP contribution >= 0.6 is 0 Å². The first kappa shape index (κ1) is 18.6. The summed E-state index contributed by atoms with van der Waals surface area (Å²) in [5.74, 6) is 1.77. The monoisotopic (exact) mass is 365 g/mol. The van der Waals surface area contributed by atoms with E-state index in [1.165, 1.54) is 0 Å². The summed E-state index contributed by atoms with van der Waals surface area (Å²) in [5.41, 5.74) is 2.01. The van der Waals surface area contributed by atoms with Gasteiger partial charge in [0.25, 0.3) is 0 Å². The number of hydrogen-bond acceptors (Lipinski definition) is 5. The minimum atomic E-state index is 0.0160. The average molecular weight is 365 g/mol. The number of nitrogens with zero attached hydrogens (tertiary/aromatic N) is 3. The molecule has 0 spiro atoms. The third-order valence-electron chi connectivity index (χ3n) is 4.15. The minimum absolute atomic E-state index is 0.0160. The lowest BCUT2D eigenvalue weighted by Crippen LogP contribution is -2.31. The second-order valence-electron chi connectivity index (χ2n) is 6.35. The molecule has 1 heterocycles. The maximum atomic E-state index is 12.3. The number of hydrogen-bond donors (Lipinski definition) is 0. The molecule has 1 aromatic heterocycles. The van der Waals surface area contributed by atoms with Gasteiger partial charge in [0.2, 0.25) is 17.7 Å². The van der Waals surface area contributed by atoms with Crippen LogP contribution in [-0.2, 0) is 11.2 Å². The highest BCUT2D eigenvalue weighted by atomic mass is 16.5. The Balaban J connectivity index is 1.43. The number of carbonyl (C=O) groups is 1. The van der Waals surface area contributed by atoms with Gasteiger partial charge in [-0.25, -0.2) is 0 Å². The molecule has 0 unspecified atom stereocenters. The van der Waals surface area contributed by atoms with Crippen molar-refractivity contribution in [2.75, 3.05) is 20.2 Å². The van der Waals surface area contributed by atoms with E-state index in [1.54, 1.807) is 11.9 Å². The molecule has 2 aromatic carbocycles. The summed E-state index contributed by atoms with van der Waals surface area (Å²) < 4.78 is 11.3. The first-order valence-electron chi connectivity index (χ1n) is 8.93. The van der Waals surface area contributed by atoms with Crippen LogP contribution in [0, 0.1) is 6.92 Å². The van der Waals surface area contributed by atoms with E-state index in [0.29, 0.717) is 37.8 Å². The van der Waals surface area contributed by atoms with Crippen LogP contribution < -0.4 is 4.74 Å². The Hall–Kier alpha value is -3.15. The second kappa shape index (κ2) is 8.98. The summed E-state index contributed by atoms with van der Waals surface area (Å²) in [5, 5.41) is 8.06. The number of aryl methyl sites for hydroxylation is 2. The SMILES string of the molecule is Cc1cccc(OCCN(C)C(=O)CCc2nnc(-c3ccccc3)o2)c1. The highest BCUT2D eigenvalue weighted by Crippen LogP contribution is 2.17. The molecule has 0 radical (unpaired) electrons. The van der Waals surface area contributed by atoms with Gasteiger partial charge in [0.05, 0.1) is 6.54 Å². The fourth-order valence-electron chi connectivity index (χ4n) is 2.59. The van der Waals surface area contributed by atoms with E-state index in [-0.39, 0.29) is 5.91 Å². The lowest BCUT2D eigenvalue weighted by atomic mass is 10.2. The molecule has 140 valence electrons. The number of amides is 1. The summed E-state index contributed by atoms with van der Waals surface area (Å²) in [4.78, 5) is 13.9. The smallest absolute Gasteiger partial charge is 0.247 e. The Bertz CT molecular complexity index is 877. The first-order chi connectivity index (χ1) is 13.1. The summed E-state index contributed by atoms with van der Waals surface area (Å²) in [6.45, 7) is 2.99. The number of aromatic nitrogens is 2. The van der Waals surface area contributed by atoms with Gasteiger partial charge >= 0.3 is 0 Å². The van der Waals surface area contributed by atoms with Crippen molar-refractivity contribution >= 4 is 5.91 Å². The zero-order valence-corrected chi connectivity index (χ0v) is 15.6. The molecule has 0 atom stereocenters. The van der Waals surface area contributed by atoms with E-state index in [0.717, 1.165) is 16.9 Å². The summed E-state index contributed by atoms with van der Waals surface area (Å²) in [7, 11) is 1.77. The zero-order valence-electron chi connectivity index (χ0n) is 15.6. The van der Waals surface area contributed by atoms with E-state index in [2.05, 4.69) is 10.2 Å². The molecule has 0 saturated heterocycles. The Morgan fingerprint density at radius 1 is 1.11 bits per heavy atom. The fraction of sp³-hybridized carbons (Fsp3) is 0.286. The summed E-state index contributed by atoms with van der Waals surface area (Å²) in [6, 6.07) is 17.4. The number of likely N-dealkylation sites (N-methyl/N-ethyl adjacent to an activating group) is 1. The molecule has 0 N–H and O–H groups in total. The zero-order chi connectivity index (χ0) is 19.1. The molecule has 0 fully saturated rings. The summed E-state index contributed by atoms with van der Waals surface area (Å²) >= 11 is 0. The van der Waals surface area contributed by atoms with Crippen molar-refractivity contribution in [2.24, 2.45) is 0 Å². The molecular weight excluding hydrogens is 342 g/mol. The summed E-state index contributed by atoms with van der Waals surface area (Å²) in [6.07, 6.45) is 0.735. The van der Waals surface area contributed by atoms with Crippen LogP contribution in [0.3, 0.4) is 0 Å². The molecule has 3 rings (SSSR count). The maximum Gasteiger partial charge on any atom is 0.247 e. The van der Waals surface area contributed by atoms with E-state index < -0.39 is 0 Å². The van der Waals surface area contributed by atoms with Crippen LogP contribution in [0.5, 0.6) is 5.75 Å². The van der Waals surface area contributed by atoms with Gasteiger partial charge in [-0.3, -0.25) is 4.79 Å². The van der Waals surface area contributed by atoms with E-state index >= 15 is 0 Å². The van der Waals surface area contributed by atoms with E-state index in [4.69, 9.17) is 9.15 Å². The largest absolute Gasteiger partial charge is 0.492 e. The Kier molecular flexibility index (Phi) is 6.20. The predicted molar refractivity (Wildman–Crippen MR) is 102 cm³/mol. The van der Waals surface area contributed by atoms with Crippen LogP contribution in [0.2, 0.25) is 0 Å². The molecule has 1 amide bonds. The van der Waals surface area contributed by atoms with Crippen molar-refractivity contribution in [3.63, 3.8) is 0 Å². The molecule has 0 aliphatic rings. The van der Waals surface area contributed by atoms with E-state index in [9.17, 15) is 4.79 Å². The van der Waals surface area contributed by atoms with Gasteiger partial charge in [0.15, 0.2) is 0 Å². The van der Waals surface area contributed by atoms with Crippen LogP contribution in [0.1, 0.15) is 17.9 Å². The van der Waals surface area contributed by atoms with Crippen molar-refractivity contribution in [3.8, 4) is 17.2 Å². The average Bonchev–Trinajstić information content (AvgIpc) is 3.16. The highest BCUT2D eigenvalue weighted by molar-refractivity contribution is 5.76. The molecule has 0 saturated carbocycles. The molecule has 0 bridgehead atoms. The molecular formula is C21H23N3O3. The van der Waals surface area contributed by atoms with Gasteiger partial charge in [-0.2, -0.15) is 0 Å². The topological polar surface area (TPSA) is 68.5 Å². The minimum Gasteiger partial charge on any atom is -0.492 e. The molecule has 6 nitrogen and oxygen atoms in total. The molecule has 27 heavy (non-hydrogen) atoms. The Labute approximate surface area is 158 Å². The standard InChI is InChI=1S/C21H23N3O3/c1-16-7-6-10-18(15-16)26-14-13-24(2)20(25)12-11-19-22-23-21(27-19)17-8-4-3-5-9-17/h3-10,15H,11-14H2,1-2H3. The van der Waals surface area contributed by atoms with Crippen molar-refractivity contribution < 1.29 is 13.9 Å². The third-order valence-corrected chi connectivity index (χ3v) is 4.15. The van der Waals surface area contributed by atoms with Crippen LogP contribution in [0.4, 0.5) is 0 Å². The fourth-order valence-corrected chi connectivity index (χ4v) is 2.59. The van der Waals surface area contributed by atoms with Crippen LogP contribution in [-0.4, -0.2) is 41.2 Å². The van der Waals surface area contributed by atoms with Crippen molar-refractivity contribution in [3.05, 3.63) is 66.1 Å². The van der Waals surface area contributed by atoms with Gasteiger partial charge in [-0.1, -0.05) is 30.3 Å².